The van der Waals surface area contributed by atoms with E-state index in [2.05, 4.69) is 20.4 Å². The molecule has 0 fully saturated rings. The van der Waals surface area contributed by atoms with Crippen LogP contribution in [0.3, 0.4) is 0 Å². The Morgan fingerprint density at radius 3 is 2.93 bits per heavy atom. The van der Waals surface area contributed by atoms with E-state index in [1.165, 1.54) is 22.1 Å². The van der Waals surface area contributed by atoms with Crippen molar-refractivity contribution in [3.05, 3.63) is 69.0 Å². The molecule has 0 spiro atoms. The van der Waals surface area contributed by atoms with Gasteiger partial charge in [0.15, 0.2) is 5.76 Å². The van der Waals surface area contributed by atoms with Crippen molar-refractivity contribution in [1.82, 2.24) is 19.7 Å². The van der Waals surface area contributed by atoms with Crippen molar-refractivity contribution in [3.8, 4) is 17.4 Å². The fourth-order valence-electron chi connectivity index (χ4n) is 2.71. The normalized spacial score (nSPS) is 10.9. The smallest absolute Gasteiger partial charge is 0.252 e. The highest BCUT2D eigenvalue weighted by molar-refractivity contribution is 7.10. The second-order valence-electron chi connectivity index (χ2n) is 6.02. The Labute approximate surface area is 163 Å². The van der Waals surface area contributed by atoms with E-state index in [0.717, 1.165) is 4.88 Å². The predicted octanol–water partition coefficient (Wildman–Crippen LogP) is 3.02. The zero-order chi connectivity index (χ0) is 19.5. The van der Waals surface area contributed by atoms with Crippen molar-refractivity contribution in [2.75, 3.05) is 5.32 Å². The van der Waals surface area contributed by atoms with Crippen LogP contribution in [0.15, 0.2) is 57.3 Å². The molecule has 0 aliphatic rings. The summed E-state index contributed by atoms with van der Waals surface area (Å²) in [6.45, 7) is 1.91. The van der Waals surface area contributed by atoms with Crippen LogP contribution in [-0.2, 0) is 17.6 Å². The van der Waals surface area contributed by atoms with Gasteiger partial charge in [-0.15, -0.1) is 11.3 Å². The molecule has 0 saturated carbocycles. The van der Waals surface area contributed by atoms with E-state index in [9.17, 15) is 9.59 Å². The van der Waals surface area contributed by atoms with Crippen molar-refractivity contribution in [2.24, 2.45) is 0 Å². The second-order valence-corrected chi connectivity index (χ2v) is 7.05. The van der Waals surface area contributed by atoms with E-state index in [4.69, 9.17) is 4.42 Å². The lowest BCUT2D eigenvalue weighted by molar-refractivity contribution is -0.115. The summed E-state index contributed by atoms with van der Waals surface area (Å²) in [5.41, 5.74) is 0.860. The molecule has 0 saturated heterocycles. The van der Waals surface area contributed by atoms with Gasteiger partial charge >= 0.3 is 0 Å². The summed E-state index contributed by atoms with van der Waals surface area (Å²) >= 11 is 1.51. The monoisotopic (exact) mass is 395 g/mol. The topological polar surface area (TPSA) is 106 Å². The second kappa shape index (κ2) is 7.65. The summed E-state index contributed by atoms with van der Waals surface area (Å²) in [5, 5.41) is 9.24. The first-order chi connectivity index (χ1) is 13.6. The SMILES string of the molecule is CCc1cc(=O)[nH]c(-n2nc(-c3ccco3)cc2NC(=O)Cc2cccs2)n1. The van der Waals surface area contributed by atoms with Gasteiger partial charge in [0.25, 0.3) is 5.56 Å². The van der Waals surface area contributed by atoms with Gasteiger partial charge in [-0.05, 0) is 30.0 Å². The highest BCUT2D eigenvalue weighted by atomic mass is 32.1. The predicted molar refractivity (Wildman–Crippen MR) is 106 cm³/mol. The summed E-state index contributed by atoms with van der Waals surface area (Å²) < 4.78 is 6.81. The summed E-state index contributed by atoms with van der Waals surface area (Å²) in [6, 6.07) is 10.4. The average molecular weight is 395 g/mol. The van der Waals surface area contributed by atoms with E-state index in [1.54, 1.807) is 24.5 Å². The highest BCUT2D eigenvalue weighted by Crippen LogP contribution is 2.24. The standard InChI is InChI=1S/C19H17N5O3S/c1-2-12-9-17(25)22-19(20-12)24-16(11-14(23-24)15-6-3-7-27-15)21-18(26)10-13-5-4-8-28-13/h3-9,11H,2,10H2,1H3,(H,21,26)(H,20,22,25). The molecule has 9 heteroatoms. The van der Waals surface area contributed by atoms with Crippen LogP contribution in [0, 0.1) is 0 Å². The number of aryl methyl sites for hydroxylation is 1. The van der Waals surface area contributed by atoms with Crippen molar-refractivity contribution < 1.29 is 9.21 Å². The summed E-state index contributed by atoms with van der Waals surface area (Å²) in [4.78, 5) is 32.5. The Kier molecular flexibility index (Phi) is 4.90. The molecule has 142 valence electrons. The van der Waals surface area contributed by atoms with Crippen molar-refractivity contribution in [1.29, 1.82) is 0 Å². The van der Waals surface area contributed by atoms with E-state index in [1.807, 2.05) is 24.4 Å². The van der Waals surface area contributed by atoms with Crippen LogP contribution in [0.5, 0.6) is 0 Å². The number of rotatable bonds is 6. The number of amides is 1. The van der Waals surface area contributed by atoms with Crippen molar-refractivity contribution in [3.63, 3.8) is 0 Å². The third kappa shape index (κ3) is 3.79. The Morgan fingerprint density at radius 2 is 2.21 bits per heavy atom. The quantitative estimate of drug-likeness (QED) is 0.522. The first kappa shape index (κ1) is 17.9. The molecule has 0 radical (unpaired) electrons. The lowest BCUT2D eigenvalue weighted by atomic mass is 10.3. The Balaban J connectivity index is 1.72. The molecule has 4 aromatic rings. The minimum atomic E-state index is -0.284. The van der Waals surface area contributed by atoms with E-state index in [-0.39, 0.29) is 23.8 Å². The molecular formula is C19H17N5O3S. The van der Waals surface area contributed by atoms with Crippen molar-refractivity contribution >= 4 is 23.1 Å². The number of aromatic amines is 1. The van der Waals surface area contributed by atoms with E-state index >= 15 is 0 Å². The number of nitrogens with zero attached hydrogens (tertiary/aromatic N) is 3. The number of carbonyl (C=O) groups is 1. The molecule has 0 atom stereocenters. The summed E-state index contributed by atoms with van der Waals surface area (Å²) in [6.07, 6.45) is 2.39. The molecule has 4 rings (SSSR count). The molecule has 4 aromatic heterocycles. The number of furan rings is 1. The van der Waals surface area contributed by atoms with Gasteiger partial charge in [0.05, 0.1) is 12.7 Å². The van der Waals surface area contributed by atoms with Gasteiger partial charge in [0, 0.05) is 22.7 Å². The number of carbonyl (C=O) groups excluding carboxylic acids is 1. The van der Waals surface area contributed by atoms with Crippen LogP contribution in [0.1, 0.15) is 17.5 Å². The minimum absolute atomic E-state index is 0.191. The molecule has 2 N–H and O–H groups in total. The maximum Gasteiger partial charge on any atom is 0.252 e. The Bertz CT molecular complexity index is 1140. The first-order valence-corrected chi connectivity index (χ1v) is 9.57. The minimum Gasteiger partial charge on any atom is -0.463 e. The Hall–Kier alpha value is -3.46. The third-order valence-electron chi connectivity index (χ3n) is 4.01. The fraction of sp³-hybridized carbons (Fsp3) is 0.158. The number of H-pyrrole nitrogens is 1. The van der Waals surface area contributed by atoms with Crippen LogP contribution in [0.25, 0.3) is 17.4 Å². The average Bonchev–Trinajstić information content (AvgIpc) is 3.42. The maximum atomic E-state index is 12.5. The van der Waals surface area contributed by atoms with Gasteiger partial charge in [-0.2, -0.15) is 9.78 Å². The molecule has 8 nitrogen and oxygen atoms in total. The molecule has 0 bridgehead atoms. The molecule has 4 heterocycles. The number of hydrogen-bond donors (Lipinski definition) is 2. The van der Waals surface area contributed by atoms with Crippen LogP contribution in [0.2, 0.25) is 0 Å². The zero-order valence-electron chi connectivity index (χ0n) is 15.0. The number of nitrogens with one attached hydrogen (secondary N) is 2. The van der Waals surface area contributed by atoms with E-state index in [0.29, 0.717) is 29.4 Å². The lowest BCUT2D eigenvalue weighted by Gasteiger charge is -2.08. The molecule has 0 aliphatic carbocycles. The number of hydrogen-bond acceptors (Lipinski definition) is 6. The first-order valence-electron chi connectivity index (χ1n) is 8.69. The van der Waals surface area contributed by atoms with Crippen LogP contribution in [-0.4, -0.2) is 25.7 Å². The largest absolute Gasteiger partial charge is 0.463 e. The molecule has 28 heavy (non-hydrogen) atoms. The van der Waals surface area contributed by atoms with Gasteiger partial charge < -0.3 is 9.73 Å². The third-order valence-corrected chi connectivity index (χ3v) is 4.89. The van der Waals surface area contributed by atoms with E-state index < -0.39 is 0 Å². The van der Waals surface area contributed by atoms with Gasteiger partial charge in [-0.3, -0.25) is 14.6 Å². The number of anilines is 1. The van der Waals surface area contributed by atoms with Crippen LogP contribution in [0.4, 0.5) is 5.82 Å². The van der Waals surface area contributed by atoms with Gasteiger partial charge in [-0.25, -0.2) is 4.98 Å². The lowest BCUT2D eigenvalue weighted by Crippen LogP contribution is -2.20. The number of thiophene rings is 1. The summed E-state index contributed by atoms with van der Waals surface area (Å²) in [5.74, 6) is 0.975. The molecule has 1 amide bonds. The van der Waals surface area contributed by atoms with Crippen LogP contribution >= 0.6 is 11.3 Å². The zero-order valence-corrected chi connectivity index (χ0v) is 15.8. The Morgan fingerprint density at radius 1 is 1.32 bits per heavy atom. The molecule has 0 aromatic carbocycles. The van der Waals surface area contributed by atoms with Gasteiger partial charge in [0.2, 0.25) is 11.9 Å². The fourth-order valence-corrected chi connectivity index (χ4v) is 3.41. The summed E-state index contributed by atoms with van der Waals surface area (Å²) in [7, 11) is 0. The molecular weight excluding hydrogens is 378 g/mol. The van der Waals surface area contributed by atoms with Crippen LogP contribution < -0.4 is 10.9 Å². The van der Waals surface area contributed by atoms with Gasteiger partial charge in [-0.1, -0.05) is 13.0 Å². The molecule has 0 aliphatic heterocycles. The van der Waals surface area contributed by atoms with Crippen molar-refractivity contribution in [2.45, 2.75) is 19.8 Å². The highest BCUT2D eigenvalue weighted by Gasteiger charge is 2.17. The maximum absolute atomic E-state index is 12.5. The molecule has 0 unspecified atom stereocenters. The van der Waals surface area contributed by atoms with Gasteiger partial charge in [0.1, 0.15) is 11.5 Å². The number of aromatic nitrogens is 4.